The summed E-state index contributed by atoms with van der Waals surface area (Å²) in [5, 5.41) is 38.0. The number of carboxylic acid groups (broad SMARTS) is 3. The Morgan fingerprint density at radius 3 is 1.74 bits per heavy atom. The van der Waals surface area contributed by atoms with Crippen LogP contribution in [0, 0.1) is 0 Å². The van der Waals surface area contributed by atoms with E-state index in [-0.39, 0.29) is 6.42 Å². The van der Waals surface area contributed by atoms with Crippen LogP contribution in [0.3, 0.4) is 0 Å². The van der Waals surface area contributed by atoms with Crippen molar-refractivity contribution in [1.29, 1.82) is 0 Å². The van der Waals surface area contributed by atoms with E-state index in [4.69, 9.17) is 16.6 Å². The average Bonchev–Trinajstić information content (AvgIpc) is 2.99. The first-order valence-electron chi connectivity index (χ1n) is 13.9. The summed E-state index contributed by atoms with van der Waals surface area (Å²) in [5.41, 5.74) is 11.8. The molecule has 0 aliphatic carbocycles. The molecule has 12 N–H and O–H groups in total. The third-order valence-corrected chi connectivity index (χ3v) is 6.57. The molecule has 0 unspecified atom stereocenters. The number of benzene rings is 1. The van der Waals surface area contributed by atoms with Crippen molar-refractivity contribution in [1.82, 2.24) is 26.6 Å². The molecule has 0 fully saturated rings. The van der Waals surface area contributed by atoms with E-state index >= 15 is 0 Å². The summed E-state index contributed by atoms with van der Waals surface area (Å²) in [6.07, 6.45) is -2.76. The minimum absolute atomic E-state index is 0.161. The van der Waals surface area contributed by atoms with Crippen LogP contribution in [0.5, 0.6) is 0 Å². The smallest absolute Gasteiger partial charge is 0.326 e. The molecule has 258 valence electrons. The van der Waals surface area contributed by atoms with Gasteiger partial charge in [-0.2, -0.15) is 12.6 Å². The maximum Gasteiger partial charge on any atom is 0.326 e. The lowest BCUT2D eigenvalue weighted by molar-refractivity contribution is -0.144. The number of nitrogens with two attached hydrogens (primary N) is 2. The zero-order valence-corrected chi connectivity index (χ0v) is 25.7. The fourth-order valence-electron chi connectivity index (χ4n) is 3.84. The molecule has 0 saturated heterocycles. The second-order valence-electron chi connectivity index (χ2n) is 10.0. The minimum Gasteiger partial charge on any atom is -0.481 e. The monoisotopic (exact) mass is 683 g/mol. The molecular weight excluding hydrogens is 646 g/mol. The van der Waals surface area contributed by atoms with Crippen molar-refractivity contribution >= 4 is 66.0 Å². The summed E-state index contributed by atoms with van der Waals surface area (Å²) in [5.74, 6) is -11.2. The highest BCUT2D eigenvalue weighted by molar-refractivity contribution is 7.80. The number of hydrogen-bond acceptors (Lipinski definition) is 11. The number of carbonyl (C=O) groups excluding carboxylic acids is 6. The average molecular weight is 684 g/mol. The van der Waals surface area contributed by atoms with E-state index in [0.717, 1.165) is 5.56 Å². The van der Waals surface area contributed by atoms with Crippen LogP contribution in [0.4, 0.5) is 0 Å². The summed E-state index contributed by atoms with van der Waals surface area (Å²) in [6.45, 7) is -0.675. The molecule has 47 heavy (non-hydrogen) atoms. The van der Waals surface area contributed by atoms with Gasteiger partial charge in [-0.25, -0.2) is 4.79 Å². The Morgan fingerprint density at radius 1 is 0.702 bits per heavy atom. The molecule has 0 saturated carbocycles. The van der Waals surface area contributed by atoms with Crippen LogP contribution in [0.25, 0.3) is 0 Å². The Hall–Kier alpha value is -5.24. The maximum absolute atomic E-state index is 13.0. The molecular formula is C27H37N7O12S. The molecule has 0 radical (unpaired) electrons. The van der Waals surface area contributed by atoms with E-state index in [1.165, 1.54) is 0 Å². The Morgan fingerprint density at radius 2 is 1.23 bits per heavy atom. The van der Waals surface area contributed by atoms with Crippen LogP contribution in [-0.4, -0.2) is 111 Å². The molecule has 0 aromatic heterocycles. The second kappa shape index (κ2) is 20.0. The lowest BCUT2D eigenvalue weighted by Crippen LogP contribution is -2.59. The zero-order valence-electron chi connectivity index (χ0n) is 24.8. The Kier molecular flexibility index (Phi) is 16.9. The van der Waals surface area contributed by atoms with Crippen LogP contribution in [0.15, 0.2) is 30.3 Å². The topological polar surface area (TPSA) is 327 Å². The summed E-state index contributed by atoms with van der Waals surface area (Å²) >= 11 is 3.92. The number of rotatable bonds is 21. The lowest BCUT2D eigenvalue weighted by atomic mass is 10.1. The van der Waals surface area contributed by atoms with Crippen LogP contribution in [0.1, 0.15) is 31.2 Å². The molecule has 20 heteroatoms. The predicted octanol–water partition coefficient (Wildman–Crippen LogP) is -4.16. The largest absolute Gasteiger partial charge is 0.481 e. The zero-order chi connectivity index (χ0) is 35.7. The molecule has 1 aromatic carbocycles. The van der Waals surface area contributed by atoms with Gasteiger partial charge in [0.1, 0.15) is 24.2 Å². The van der Waals surface area contributed by atoms with Crippen LogP contribution in [0.2, 0.25) is 0 Å². The first-order valence-corrected chi connectivity index (χ1v) is 14.5. The van der Waals surface area contributed by atoms with Gasteiger partial charge in [0.05, 0.1) is 25.4 Å². The van der Waals surface area contributed by atoms with E-state index < -0.39 is 122 Å². The maximum atomic E-state index is 13.0. The third kappa shape index (κ3) is 15.5. The molecule has 6 amide bonds. The van der Waals surface area contributed by atoms with E-state index in [9.17, 15) is 53.4 Å². The van der Waals surface area contributed by atoms with Gasteiger partial charge in [0, 0.05) is 12.2 Å². The van der Waals surface area contributed by atoms with Crippen molar-refractivity contribution in [3.05, 3.63) is 35.9 Å². The Labute approximate surface area is 273 Å². The van der Waals surface area contributed by atoms with Crippen molar-refractivity contribution in [3.8, 4) is 0 Å². The van der Waals surface area contributed by atoms with E-state index in [1.54, 1.807) is 30.3 Å². The number of aliphatic carboxylic acids is 3. The van der Waals surface area contributed by atoms with E-state index in [2.05, 4.69) is 33.9 Å². The minimum atomic E-state index is -1.89. The number of primary amides is 1. The molecule has 0 aliphatic rings. The predicted molar refractivity (Wildman–Crippen MR) is 163 cm³/mol. The molecule has 19 nitrogen and oxygen atoms in total. The van der Waals surface area contributed by atoms with Gasteiger partial charge >= 0.3 is 17.9 Å². The van der Waals surface area contributed by atoms with Gasteiger partial charge in [0.25, 0.3) is 0 Å². The van der Waals surface area contributed by atoms with Gasteiger partial charge in [0.15, 0.2) is 0 Å². The van der Waals surface area contributed by atoms with Gasteiger partial charge in [0.2, 0.25) is 35.4 Å². The van der Waals surface area contributed by atoms with Gasteiger partial charge < -0.3 is 53.4 Å². The van der Waals surface area contributed by atoms with Gasteiger partial charge in [-0.15, -0.1) is 0 Å². The first-order chi connectivity index (χ1) is 22.0. The summed E-state index contributed by atoms with van der Waals surface area (Å²) in [7, 11) is 0. The normalized spacial score (nSPS) is 13.7. The standard InChI is InChI=1S/C27H37N7O12S/c28-14(8-13-4-2-1-3-5-13)23(41)30-11-20(36)31-16(9-19(29)35)24(42)33-17(10-22(39)40)25(43)34-18(12-47)26(44)32-15(27(45)46)6-7-21(37)38/h1-5,14-18,47H,6-12,28H2,(H2,29,35)(H,30,41)(H,31,36)(H,32,44)(H,33,42)(H,34,43)(H,37,38)(H,39,40)(H,45,46)/t14-,15-,16-,17-,18-/m0/s1. The van der Waals surface area contributed by atoms with E-state index in [1.807, 2.05) is 5.32 Å². The molecule has 0 heterocycles. The fourth-order valence-corrected chi connectivity index (χ4v) is 4.09. The third-order valence-electron chi connectivity index (χ3n) is 6.20. The number of nitrogens with one attached hydrogen (secondary N) is 5. The van der Waals surface area contributed by atoms with Crippen LogP contribution >= 0.6 is 12.6 Å². The lowest BCUT2D eigenvalue weighted by Gasteiger charge is -2.24. The van der Waals surface area contributed by atoms with Crippen LogP contribution in [-0.2, 0) is 49.6 Å². The number of carboxylic acids is 3. The van der Waals surface area contributed by atoms with Crippen LogP contribution < -0.4 is 38.1 Å². The van der Waals surface area contributed by atoms with Crippen molar-refractivity contribution in [2.45, 2.75) is 62.3 Å². The Balaban J connectivity index is 2.92. The van der Waals surface area contributed by atoms with Crippen molar-refractivity contribution < 1.29 is 58.5 Å². The van der Waals surface area contributed by atoms with Gasteiger partial charge in [-0.05, 0) is 18.4 Å². The number of carbonyl (C=O) groups is 9. The van der Waals surface area contributed by atoms with Gasteiger partial charge in [-0.1, -0.05) is 30.3 Å². The summed E-state index contributed by atoms with van der Waals surface area (Å²) in [4.78, 5) is 109. The summed E-state index contributed by atoms with van der Waals surface area (Å²) in [6, 6.07) is 0.929. The molecule has 0 spiro atoms. The molecule has 5 atom stereocenters. The first kappa shape index (κ1) is 39.8. The molecule has 0 bridgehead atoms. The van der Waals surface area contributed by atoms with Crippen molar-refractivity contribution in [2.75, 3.05) is 12.3 Å². The Bertz CT molecular complexity index is 1330. The summed E-state index contributed by atoms with van der Waals surface area (Å²) < 4.78 is 0. The van der Waals surface area contributed by atoms with Crippen molar-refractivity contribution in [3.63, 3.8) is 0 Å². The highest BCUT2D eigenvalue weighted by Crippen LogP contribution is 2.04. The molecule has 1 aromatic rings. The number of thiol groups is 1. The van der Waals surface area contributed by atoms with Crippen molar-refractivity contribution in [2.24, 2.45) is 11.5 Å². The SMILES string of the molecule is NC(=O)C[C@H](NC(=O)CNC(=O)[C@@H](N)Cc1ccccc1)C(=O)N[C@@H](CC(=O)O)C(=O)N[C@@H](CS)C(=O)N[C@@H](CCC(=O)O)C(=O)O. The van der Waals surface area contributed by atoms with Gasteiger partial charge in [-0.3, -0.25) is 38.4 Å². The molecule has 1 rings (SSSR count). The number of hydrogen-bond donors (Lipinski definition) is 11. The fraction of sp³-hybridized carbons (Fsp3) is 0.444. The van der Waals surface area contributed by atoms with E-state index in [0.29, 0.717) is 0 Å². The quantitative estimate of drug-likeness (QED) is 0.0549. The molecule has 0 aliphatic heterocycles. The number of amides is 6. The highest BCUT2D eigenvalue weighted by atomic mass is 32.1. The highest BCUT2D eigenvalue weighted by Gasteiger charge is 2.32. The second-order valence-corrected chi connectivity index (χ2v) is 10.4.